The Kier molecular flexibility index (Phi) is 4.75. The minimum atomic E-state index is -0.115. The molecule has 2 aliphatic rings. The number of rotatable bonds is 3. The predicted molar refractivity (Wildman–Crippen MR) is 117 cm³/mol. The molecule has 3 aromatic rings. The molecule has 5 heterocycles. The highest BCUT2D eigenvalue weighted by atomic mass is 16.2. The first kappa shape index (κ1) is 19.7. The van der Waals surface area contributed by atoms with Crippen LogP contribution in [0, 0.1) is 5.41 Å². The zero-order chi connectivity index (χ0) is 21.6. The van der Waals surface area contributed by atoms with Crippen LogP contribution in [0.4, 0.5) is 5.82 Å². The molecule has 3 aromatic heterocycles. The number of fused-ring (bicyclic) bond motifs is 1. The maximum absolute atomic E-state index is 12.9. The number of amides is 1. The minimum absolute atomic E-state index is 0.0260. The number of anilines is 1. The van der Waals surface area contributed by atoms with Gasteiger partial charge in [0.05, 0.1) is 5.52 Å². The minimum Gasteiger partial charge on any atom is -0.356 e. The molecule has 2 fully saturated rings. The molecule has 0 spiro atoms. The number of aromatic nitrogens is 5. The molecule has 5 rings (SSSR count). The second kappa shape index (κ2) is 7.47. The summed E-state index contributed by atoms with van der Waals surface area (Å²) < 4.78 is 1.82. The van der Waals surface area contributed by atoms with Crippen molar-refractivity contribution in [1.29, 1.82) is 0 Å². The van der Waals surface area contributed by atoms with Crippen LogP contribution in [0.15, 0.2) is 35.5 Å². The maximum atomic E-state index is 12.9. The largest absolute Gasteiger partial charge is 0.356 e. The van der Waals surface area contributed by atoms with Crippen LogP contribution in [-0.4, -0.2) is 61.5 Å². The molecule has 0 unspecified atom stereocenters. The number of aromatic amines is 1. The summed E-state index contributed by atoms with van der Waals surface area (Å²) in [6.07, 6.45) is 5.80. The molecule has 1 amide bonds. The molecule has 9 nitrogen and oxygen atoms in total. The molecule has 0 radical (unpaired) electrons. The Hall–Kier alpha value is -3.23. The highest BCUT2D eigenvalue weighted by Gasteiger charge is 2.33. The average molecular weight is 422 g/mol. The zero-order valence-corrected chi connectivity index (χ0v) is 17.9. The number of likely N-dealkylation sites (tertiary alicyclic amines) is 1. The van der Waals surface area contributed by atoms with Crippen LogP contribution >= 0.6 is 0 Å². The van der Waals surface area contributed by atoms with Crippen molar-refractivity contribution in [3.05, 3.63) is 46.9 Å². The van der Waals surface area contributed by atoms with Crippen LogP contribution < -0.4 is 10.6 Å². The van der Waals surface area contributed by atoms with E-state index in [-0.39, 0.29) is 23.1 Å². The number of H-pyrrole nitrogens is 1. The molecular formula is C22H27N7O2. The first-order valence-electron chi connectivity index (χ1n) is 10.8. The molecule has 1 N–H and O–H groups in total. The van der Waals surface area contributed by atoms with E-state index in [2.05, 4.69) is 38.7 Å². The molecule has 2 saturated heterocycles. The van der Waals surface area contributed by atoms with Crippen molar-refractivity contribution >= 4 is 22.9 Å². The summed E-state index contributed by atoms with van der Waals surface area (Å²) in [6, 6.07) is 5.68. The molecule has 31 heavy (non-hydrogen) atoms. The van der Waals surface area contributed by atoms with Gasteiger partial charge in [-0.1, -0.05) is 13.8 Å². The standard InChI is InChI=1S/C22H27N7O2/c1-22(2)7-11-28(13-22)20(30)16-12-18(25-14-24-16)27-9-5-15(6-10-27)29-17-4-3-8-23-19(17)26-21(29)31/h3-4,8,12,14-15H,5-7,9-11,13H2,1-2H3,(H,23,26,31). The fraction of sp³-hybridized carbons (Fsp3) is 0.500. The molecule has 9 heteroatoms. The van der Waals surface area contributed by atoms with Crippen LogP contribution in [0.2, 0.25) is 0 Å². The third kappa shape index (κ3) is 3.68. The Morgan fingerprint density at radius 2 is 1.97 bits per heavy atom. The molecule has 162 valence electrons. The molecule has 2 aliphatic heterocycles. The third-order valence-electron chi connectivity index (χ3n) is 6.48. The highest BCUT2D eigenvalue weighted by molar-refractivity contribution is 5.93. The summed E-state index contributed by atoms with van der Waals surface area (Å²) in [4.78, 5) is 45.2. The number of nitrogens with zero attached hydrogens (tertiary/aromatic N) is 6. The predicted octanol–water partition coefficient (Wildman–Crippen LogP) is 2.23. The Labute approximate surface area is 180 Å². The van der Waals surface area contributed by atoms with Crippen LogP contribution in [0.1, 0.15) is 49.6 Å². The van der Waals surface area contributed by atoms with Crippen LogP contribution in [-0.2, 0) is 0 Å². The van der Waals surface area contributed by atoms with Crippen LogP contribution in [0.25, 0.3) is 11.2 Å². The number of pyridine rings is 1. The van der Waals surface area contributed by atoms with Crippen molar-refractivity contribution in [3.8, 4) is 0 Å². The van der Waals surface area contributed by atoms with Gasteiger partial charge in [0.15, 0.2) is 5.65 Å². The van der Waals surface area contributed by atoms with Crippen molar-refractivity contribution in [2.75, 3.05) is 31.1 Å². The van der Waals surface area contributed by atoms with Gasteiger partial charge in [-0.3, -0.25) is 14.3 Å². The van der Waals surface area contributed by atoms with Gasteiger partial charge in [0, 0.05) is 44.5 Å². The third-order valence-corrected chi connectivity index (χ3v) is 6.48. The Morgan fingerprint density at radius 3 is 2.71 bits per heavy atom. The van der Waals surface area contributed by atoms with Gasteiger partial charge in [0.1, 0.15) is 17.8 Å². The highest BCUT2D eigenvalue weighted by Crippen LogP contribution is 2.30. The van der Waals surface area contributed by atoms with Gasteiger partial charge in [-0.2, -0.15) is 0 Å². The molecule has 0 aromatic carbocycles. The molecule has 0 aliphatic carbocycles. The van der Waals surface area contributed by atoms with E-state index < -0.39 is 0 Å². The fourth-order valence-electron chi connectivity index (χ4n) is 4.76. The van der Waals surface area contributed by atoms with Gasteiger partial charge in [-0.05, 0) is 36.8 Å². The van der Waals surface area contributed by atoms with Gasteiger partial charge >= 0.3 is 5.69 Å². The van der Waals surface area contributed by atoms with E-state index in [1.165, 1.54) is 6.33 Å². The average Bonchev–Trinajstić information content (AvgIpc) is 3.31. The zero-order valence-electron chi connectivity index (χ0n) is 17.9. The second-order valence-electron chi connectivity index (χ2n) is 9.29. The first-order chi connectivity index (χ1) is 14.9. The van der Waals surface area contributed by atoms with E-state index >= 15 is 0 Å². The summed E-state index contributed by atoms with van der Waals surface area (Å²) in [6.45, 7) is 7.41. The van der Waals surface area contributed by atoms with Crippen molar-refractivity contribution < 1.29 is 4.79 Å². The fourth-order valence-corrected chi connectivity index (χ4v) is 4.76. The van der Waals surface area contributed by atoms with Gasteiger partial charge in [-0.15, -0.1) is 0 Å². The van der Waals surface area contributed by atoms with E-state index in [1.807, 2.05) is 21.6 Å². The number of nitrogens with one attached hydrogen (secondary N) is 1. The van der Waals surface area contributed by atoms with E-state index in [4.69, 9.17) is 0 Å². The van der Waals surface area contributed by atoms with Gasteiger partial charge < -0.3 is 9.80 Å². The summed E-state index contributed by atoms with van der Waals surface area (Å²) in [5.74, 6) is 0.741. The number of imidazole rings is 1. The quantitative estimate of drug-likeness (QED) is 0.696. The number of hydrogen-bond acceptors (Lipinski definition) is 6. The van der Waals surface area contributed by atoms with Crippen LogP contribution in [0.3, 0.4) is 0 Å². The molecular weight excluding hydrogens is 394 g/mol. The maximum Gasteiger partial charge on any atom is 0.327 e. The van der Waals surface area contributed by atoms with Crippen LogP contribution in [0.5, 0.6) is 0 Å². The van der Waals surface area contributed by atoms with E-state index in [1.54, 1.807) is 12.3 Å². The Morgan fingerprint density at radius 1 is 1.16 bits per heavy atom. The lowest BCUT2D eigenvalue weighted by molar-refractivity contribution is 0.0772. The second-order valence-corrected chi connectivity index (χ2v) is 9.29. The molecule has 0 saturated carbocycles. The number of piperidine rings is 1. The normalized spacial score (nSPS) is 19.3. The summed E-state index contributed by atoms with van der Waals surface area (Å²) >= 11 is 0. The lowest BCUT2D eigenvalue weighted by Crippen LogP contribution is -2.37. The monoisotopic (exact) mass is 421 g/mol. The lowest BCUT2D eigenvalue weighted by atomic mass is 9.93. The van der Waals surface area contributed by atoms with Crippen molar-refractivity contribution in [3.63, 3.8) is 0 Å². The van der Waals surface area contributed by atoms with Crippen molar-refractivity contribution in [2.24, 2.45) is 5.41 Å². The Bertz CT molecular complexity index is 1170. The Balaban J connectivity index is 1.30. The van der Waals surface area contributed by atoms with E-state index in [0.29, 0.717) is 11.3 Å². The summed E-state index contributed by atoms with van der Waals surface area (Å²) in [5, 5.41) is 0. The van der Waals surface area contributed by atoms with Crippen molar-refractivity contribution in [2.45, 2.75) is 39.2 Å². The summed E-state index contributed by atoms with van der Waals surface area (Å²) in [7, 11) is 0. The topological polar surface area (TPSA) is 100 Å². The molecule has 0 atom stereocenters. The lowest BCUT2D eigenvalue weighted by Gasteiger charge is -2.33. The number of carbonyl (C=O) groups is 1. The summed E-state index contributed by atoms with van der Waals surface area (Å²) in [5.41, 5.74) is 1.95. The smallest absolute Gasteiger partial charge is 0.327 e. The van der Waals surface area contributed by atoms with E-state index in [0.717, 1.165) is 56.8 Å². The van der Waals surface area contributed by atoms with Gasteiger partial charge in [-0.25, -0.2) is 19.7 Å². The van der Waals surface area contributed by atoms with E-state index in [9.17, 15) is 9.59 Å². The first-order valence-corrected chi connectivity index (χ1v) is 10.8. The SMILES string of the molecule is CC1(C)CCN(C(=O)c2cc(N3CCC(n4c(=O)[nH]c5ncccc54)CC3)ncn2)C1. The molecule has 0 bridgehead atoms. The van der Waals surface area contributed by atoms with Crippen molar-refractivity contribution in [1.82, 2.24) is 29.4 Å². The van der Waals surface area contributed by atoms with Gasteiger partial charge in [0.2, 0.25) is 0 Å². The number of hydrogen-bond donors (Lipinski definition) is 1. The number of carbonyl (C=O) groups excluding carboxylic acids is 1. The van der Waals surface area contributed by atoms with Gasteiger partial charge in [0.25, 0.3) is 5.91 Å².